The molecule has 0 amide bonds. The van der Waals surface area contributed by atoms with Gasteiger partial charge in [0.15, 0.2) is 0 Å². The highest BCUT2D eigenvalue weighted by Crippen LogP contribution is 2.35. The van der Waals surface area contributed by atoms with Gasteiger partial charge in [0.05, 0.1) is 5.69 Å². The summed E-state index contributed by atoms with van der Waals surface area (Å²) in [5.41, 5.74) is 7.70. The molecule has 2 N–H and O–H groups in total. The van der Waals surface area contributed by atoms with Crippen LogP contribution in [0, 0.1) is 5.92 Å². The van der Waals surface area contributed by atoms with Crippen molar-refractivity contribution in [1.29, 1.82) is 0 Å². The predicted molar refractivity (Wildman–Crippen MR) is 91.2 cm³/mol. The van der Waals surface area contributed by atoms with E-state index in [1.165, 1.54) is 12.8 Å². The highest BCUT2D eigenvalue weighted by Gasteiger charge is 2.33. The van der Waals surface area contributed by atoms with Crippen LogP contribution in [0.4, 0.5) is 0 Å². The van der Waals surface area contributed by atoms with Crippen molar-refractivity contribution < 1.29 is 4.42 Å². The molecule has 3 rings (SSSR count). The third kappa shape index (κ3) is 4.02. The Balaban J connectivity index is 0.00000176. The van der Waals surface area contributed by atoms with Gasteiger partial charge < -0.3 is 10.2 Å². The first kappa shape index (κ1) is 17.3. The minimum atomic E-state index is 0. The second-order valence-electron chi connectivity index (χ2n) is 5.71. The molecule has 1 aromatic heterocycles. The van der Waals surface area contributed by atoms with Gasteiger partial charge in [-0.1, -0.05) is 17.7 Å². The van der Waals surface area contributed by atoms with Crippen molar-refractivity contribution in [2.24, 2.45) is 11.7 Å². The van der Waals surface area contributed by atoms with Gasteiger partial charge in [-0.25, -0.2) is 4.98 Å². The number of likely N-dealkylation sites (N-methyl/N-ethyl adjacent to an activating group) is 1. The molecule has 1 heterocycles. The number of hydrogen-bond acceptors (Lipinski definition) is 4. The Morgan fingerprint density at radius 3 is 2.86 bits per heavy atom. The molecule has 1 aromatic carbocycles. The number of nitrogens with two attached hydrogens (primary N) is 1. The average molecular weight is 342 g/mol. The van der Waals surface area contributed by atoms with Crippen molar-refractivity contribution >= 4 is 24.0 Å². The smallest absolute Gasteiger partial charge is 0.226 e. The Hall–Kier alpha value is -1.07. The third-order valence-corrected chi connectivity index (χ3v) is 4.24. The van der Waals surface area contributed by atoms with Gasteiger partial charge in [-0.15, -0.1) is 12.4 Å². The molecular formula is C16H21Cl2N3O. The van der Waals surface area contributed by atoms with E-state index in [4.69, 9.17) is 21.8 Å². The molecule has 0 aliphatic heterocycles. The predicted octanol–water partition coefficient (Wildman–Crippen LogP) is 3.59. The molecule has 1 unspecified atom stereocenters. The number of aromatic nitrogens is 1. The third-order valence-electron chi connectivity index (χ3n) is 4.01. The zero-order chi connectivity index (χ0) is 14.8. The molecule has 0 spiro atoms. The number of nitrogens with zero attached hydrogens (tertiary/aromatic N) is 2. The minimum Gasteiger partial charge on any atom is -0.444 e. The van der Waals surface area contributed by atoms with Crippen molar-refractivity contribution in [1.82, 2.24) is 9.88 Å². The van der Waals surface area contributed by atoms with Gasteiger partial charge in [0.25, 0.3) is 0 Å². The molecule has 1 saturated carbocycles. The Morgan fingerprint density at radius 1 is 1.45 bits per heavy atom. The lowest BCUT2D eigenvalue weighted by molar-refractivity contribution is 0.213. The summed E-state index contributed by atoms with van der Waals surface area (Å²) in [6.07, 6.45) is 4.30. The summed E-state index contributed by atoms with van der Waals surface area (Å²) in [5.74, 6) is 1.36. The normalized spacial score (nSPS) is 15.6. The first-order valence-corrected chi connectivity index (χ1v) is 7.66. The molecule has 0 radical (unpaired) electrons. The van der Waals surface area contributed by atoms with Crippen molar-refractivity contribution in [3.8, 4) is 11.5 Å². The molecule has 0 saturated heterocycles. The maximum absolute atomic E-state index is 6.00. The molecule has 4 nitrogen and oxygen atoms in total. The van der Waals surface area contributed by atoms with Gasteiger partial charge in [0, 0.05) is 29.7 Å². The van der Waals surface area contributed by atoms with Gasteiger partial charge in [0.2, 0.25) is 5.89 Å². The lowest BCUT2D eigenvalue weighted by atomic mass is 10.1. The van der Waals surface area contributed by atoms with E-state index >= 15 is 0 Å². The van der Waals surface area contributed by atoms with Crippen LogP contribution in [-0.2, 0) is 6.54 Å². The zero-order valence-corrected chi connectivity index (χ0v) is 14.1. The van der Waals surface area contributed by atoms with Crippen LogP contribution in [0.3, 0.4) is 0 Å². The highest BCUT2D eigenvalue weighted by atomic mass is 35.5. The molecule has 22 heavy (non-hydrogen) atoms. The quantitative estimate of drug-likeness (QED) is 0.872. The fourth-order valence-corrected chi connectivity index (χ4v) is 2.91. The van der Waals surface area contributed by atoms with Crippen molar-refractivity contribution in [2.75, 3.05) is 13.6 Å². The zero-order valence-electron chi connectivity index (χ0n) is 12.5. The molecule has 1 aliphatic carbocycles. The highest BCUT2D eigenvalue weighted by molar-refractivity contribution is 6.30. The van der Waals surface area contributed by atoms with Gasteiger partial charge in [-0.2, -0.15) is 0 Å². The van der Waals surface area contributed by atoms with Crippen LogP contribution in [0.15, 0.2) is 34.9 Å². The van der Waals surface area contributed by atoms with E-state index in [2.05, 4.69) is 16.9 Å². The van der Waals surface area contributed by atoms with E-state index in [1.807, 2.05) is 24.3 Å². The van der Waals surface area contributed by atoms with Crippen LogP contribution in [0.25, 0.3) is 11.5 Å². The summed E-state index contributed by atoms with van der Waals surface area (Å²) < 4.78 is 5.57. The number of oxazole rings is 1. The fourth-order valence-electron chi connectivity index (χ4n) is 2.72. The Morgan fingerprint density at radius 2 is 2.23 bits per heavy atom. The van der Waals surface area contributed by atoms with Crippen molar-refractivity contribution in [3.63, 3.8) is 0 Å². The first-order chi connectivity index (χ1) is 10.2. The standard InChI is InChI=1S/C16H20ClN3O.ClH/c1-20(15(8-18)11-5-6-11)9-14-10-21-16(19-14)12-3-2-4-13(17)7-12;/h2-4,7,10-11,15H,5-6,8-9,18H2,1H3;1H. The van der Waals surface area contributed by atoms with Crippen LogP contribution in [0.5, 0.6) is 0 Å². The fraction of sp³-hybridized carbons (Fsp3) is 0.438. The van der Waals surface area contributed by atoms with E-state index in [1.54, 1.807) is 6.26 Å². The number of hydrogen-bond donors (Lipinski definition) is 1. The molecule has 1 atom stereocenters. The molecule has 1 fully saturated rings. The summed E-state index contributed by atoms with van der Waals surface area (Å²) in [4.78, 5) is 6.83. The molecular weight excluding hydrogens is 321 g/mol. The summed E-state index contributed by atoms with van der Waals surface area (Å²) in [5, 5.41) is 0.682. The Labute approximate surface area is 142 Å². The Kier molecular flexibility index (Phi) is 5.87. The van der Waals surface area contributed by atoms with Gasteiger partial charge in [-0.3, -0.25) is 4.90 Å². The van der Waals surface area contributed by atoms with Crippen LogP contribution >= 0.6 is 24.0 Å². The van der Waals surface area contributed by atoms with Crippen LogP contribution in [0.1, 0.15) is 18.5 Å². The van der Waals surface area contributed by atoms with Gasteiger partial charge in [-0.05, 0) is 44.0 Å². The number of halogens is 2. The van der Waals surface area contributed by atoms with E-state index in [9.17, 15) is 0 Å². The van der Waals surface area contributed by atoms with E-state index in [-0.39, 0.29) is 12.4 Å². The SMILES string of the molecule is CN(Cc1coc(-c2cccc(Cl)c2)n1)C(CN)C1CC1.Cl. The monoisotopic (exact) mass is 341 g/mol. The van der Waals surface area contributed by atoms with E-state index in [0.29, 0.717) is 23.5 Å². The van der Waals surface area contributed by atoms with Gasteiger partial charge in [0.1, 0.15) is 6.26 Å². The minimum absolute atomic E-state index is 0. The lowest BCUT2D eigenvalue weighted by Gasteiger charge is -2.25. The molecule has 2 aromatic rings. The number of benzene rings is 1. The maximum atomic E-state index is 6.00. The molecule has 6 heteroatoms. The van der Waals surface area contributed by atoms with E-state index in [0.717, 1.165) is 23.7 Å². The summed E-state index contributed by atoms with van der Waals surface area (Å²) >= 11 is 6.00. The van der Waals surface area contributed by atoms with Crippen LogP contribution < -0.4 is 5.73 Å². The second-order valence-corrected chi connectivity index (χ2v) is 6.15. The van der Waals surface area contributed by atoms with Crippen molar-refractivity contribution in [2.45, 2.75) is 25.4 Å². The lowest BCUT2D eigenvalue weighted by Crippen LogP contribution is -2.39. The number of rotatable bonds is 6. The molecule has 1 aliphatic rings. The van der Waals surface area contributed by atoms with Crippen LogP contribution in [0.2, 0.25) is 5.02 Å². The average Bonchev–Trinajstić information content (AvgIpc) is 3.18. The molecule has 120 valence electrons. The van der Waals surface area contributed by atoms with E-state index < -0.39 is 0 Å². The molecule has 0 bridgehead atoms. The summed E-state index contributed by atoms with van der Waals surface area (Å²) in [7, 11) is 2.10. The second kappa shape index (κ2) is 7.47. The van der Waals surface area contributed by atoms with Crippen molar-refractivity contribution in [3.05, 3.63) is 41.2 Å². The Bertz CT molecular complexity index is 613. The largest absolute Gasteiger partial charge is 0.444 e. The topological polar surface area (TPSA) is 55.3 Å². The first-order valence-electron chi connectivity index (χ1n) is 7.28. The summed E-state index contributed by atoms with van der Waals surface area (Å²) in [6.45, 7) is 1.45. The maximum Gasteiger partial charge on any atom is 0.226 e. The summed E-state index contributed by atoms with van der Waals surface area (Å²) in [6, 6.07) is 7.97. The van der Waals surface area contributed by atoms with Gasteiger partial charge >= 0.3 is 0 Å². The van der Waals surface area contributed by atoms with Crippen LogP contribution in [-0.4, -0.2) is 29.5 Å².